The Morgan fingerprint density at radius 1 is 1.19 bits per heavy atom. The van der Waals surface area contributed by atoms with E-state index in [2.05, 4.69) is 29.5 Å². The van der Waals surface area contributed by atoms with Crippen LogP contribution in [0.4, 0.5) is 10.5 Å². The minimum Gasteiger partial charge on any atom is -0.504 e. The highest BCUT2D eigenvalue weighted by Gasteiger charge is 2.43. The van der Waals surface area contributed by atoms with Gasteiger partial charge in [-0.3, -0.25) is 0 Å². The van der Waals surface area contributed by atoms with Gasteiger partial charge in [-0.2, -0.15) is 0 Å². The van der Waals surface area contributed by atoms with Crippen LogP contribution in [0.2, 0.25) is 0 Å². The molecule has 7 N–H and O–H groups in total. The maximum absolute atomic E-state index is 12.1. The number of rotatable bonds is 7. The largest absolute Gasteiger partial charge is 0.504 e. The number of hydrogen-bond donors (Lipinski definition) is 6. The molecule has 9 nitrogen and oxygen atoms in total. The molecule has 1 aliphatic heterocycles. The smallest absolute Gasteiger partial charge is 0.319 e. The predicted molar refractivity (Wildman–Crippen MR) is 123 cm³/mol. The number of amides is 2. The fraction of sp³-hybridized carbons (Fsp3) is 0.391. The van der Waals surface area contributed by atoms with Crippen LogP contribution in [0.3, 0.4) is 0 Å². The highest BCUT2D eigenvalue weighted by Crippen LogP contribution is 2.33. The molecule has 2 atom stereocenters. The number of benzene rings is 2. The van der Waals surface area contributed by atoms with Gasteiger partial charge in [0.2, 0.25) is 0 Å². The van der Waals surface area contributed by atoms with E-state index in [0.717, 1.165) is 17.5 Å². The third-order valence-electron chi connectivity index (χ3n) is 5.43. The predicted octanol–water partition coefficient (Wildman–Crippen LogP) is 2.67. The van der Waals surface area contributed by atoms with Crippen molar-refractivity contribution in [2.24, 2.45) is 16.6 Å². The van der Waals surface area contributed by atoms with Gasteiger partial charge >= 0.3 is 6.03 Å². The van der Waals surface area contributed by atoms with Gasteiger partial charge in [0.05, 0.1) is 5.69 Å². The van der Waals surface area contributed by atoms with E-state index >= 15 is 0 Å². The van der Waals surface area contributed by atoms with E-state index in [-0.39, 0.29) is 23.7 Å². The zero-order chi connectivity index (χ0) is 23.5. The summed E-state index contributed by atoms with van der Waals surface area (Å²) in [4.78, 5) is 18.3. The standard InChI is InChI=1S/C23H31N5O4/c1-14(2)11-23(3)20(31)28(21(24)27-23)13-16-9-7-15(8-10-16)12-25-22(32)26-17-5-4-6-18(29)19(17)30/h4-10,14,20,29-31H,11-13H2,1-3H3,(H2,24,27)(H2,25,26,32). The molecule has 1 heterocycles. The second kappa shape index (κ2) is 9.35. The van der Waals surface area contributed by atoms with Crippen molar-refractivity contribution >= 4 is 17.7 Å². The van der Waals surface area contributed by atoms with E-state index in [9.17, 15) is 20.1 Å². The minimum absolute atomic E-state index is 0.116. The van der Waals surface area contributed by atoms with Crippen molar-refractivity contribution in [3.63, 3.8) is 0 Å². The van der Waals surface area contributed by atoms with Crippen LogP contribution < -0.4 is 16.4 Å². The second-order valence-electron chi connectivity index (χ2n) is 8.72. The zero-order valence-corrected chi connectivity index (χ0v) is 18.5. The lowest BCUT2D eigenvalue weighted by Crippen LogP contribution is -2.47. The Morgan fingerprint density at radius 2 is 1.84 bits per heavy atom. The molecule has 2 amide bonds. The van der Waals surface area contributed by atoms with Crippen LogP contribution in [0.25, 0.3) is 0 Å². The maximum Gasteiger partial charge on any atom is 0.319 e. The number of nitrogens with one attached hydrogen (secondary N) is 2. The molecule has 0 saturated carbocycles. The summed E-state index contributed by atoms with van der Waals surface area (Å²) in [6, 6.07) is 11.4. The van der Waals surface area contributed by atoms with Crippen molar-refractivity contribution < 1.29 is 20.1 Å². The van der Waals surface area contributed by atoms with Crippen molar-refractivity contribution in [1.82, 2.24) is 10.2 Å². The summed E-state index contributed by atoms with van der Waals surface area (Å²) in [5.74, 6) is 0.0186. The Balaban J connectivity index is 1.55. The number of para-hydroxylation sites is 1. The average molecular weight is 442 g/mol. The number of hydrogen-bond acceptors (Lipinski definition) is 7. The lowest BCUT2D eigenvalue weighted by molar-refractivity contribution is 0.000218. The highest BCUT2D eigenvalue weighted by atomic mass is 16.3. The molecule has 9 heteroatoms. The Bertz CT molecular complexity index is 992. The third-order valence-corrected chi connectivity index (χ3v) is 5.43. The first-order chi connectivity index (χ1) is 15.1. The number of carbonyl (C=O) groups excluding carboxylic acids is 1. The first kappa shape index (κ1) is 23.2. The molecule has 0 saturated heterocycles. The SMILES string of the molecule is CC(C)CC1(C)N=C(N)N(Cc2ccc(CNC(=O)Nc3cccc(O)c3O)cc2)C1O. The third kappa shape index (κ3) is 5.23. The molecular formula is C23H31N5O4. The quantitative estimate of drug-likeness (QED) is 0.365. The van der Waals surface area contributed by atoms with Crippen molar-refractivity contribution in [3.05, 3.63) is 53.6 Å². The summed E-state index contributed by atoms with van der Waals surface area (Å²) in [6.45, 7) is 6.79. The normalized spacial score (nSPS) is 20.3. The van der Waals surface area contributed by atoms with Crippen LogP contribution in [-0.4, -0.2) is 44.0 Å². The number of urea groups is 1. The number of phenolic OH excluding ortho intramolecular Hbond substituents is 2. The Hall–Kier alpha value is -3.46. The highest BCUT2D eigenvalue weighted by molar-refractivity contribution is 5.91. The number of nitrogens with two attached hydrogens (primary N) is 1. The fourth-order valence-corrected chi connectivity index (χ4v) is 3.93. The number of phenols is 2. The summed E-state index contributed by atoms with van der Waals surface area (Å²) in [7, 11) is 0. The molecule has 0 aliphatic carbocycles. The number of aliphatic hydroxyl groups excluding tert-OH is 1. The monoisotopic (exact) mass is 441 g/mol. The zero-order valence-electron chi connectivity index (χ0n) is 18.5. The van der Waals surface area contributed by atoms with Crippen molar-refractivity contribution in [3.8, 4) is 11.5 Å². The second-order valence-corrected chi connectivity index (χ2v) is 8.72. The van der Waals surface area contributed by atoms with Gasteiger partial charge in [0, 0.05) is 13.1 Å². The number of aromatic hydroxyl groups is 2. The molecule has 0 aromatic heterocycles. The van der Waals surface area contributed by atoms with Crippen LogP contribution in [0, 0.1) is 5.92 Å². The van der Waals surface area contributed by atoms with Crippen molar-refractivity contribution in [1.29, 1.82) is 0 Å². The fourth-order valence-electron chi connectivity index (χ4n) is 3.93. The van der Waals surface area contributed by atoms with Gasteiger partial charge in [-0.05, 0) is 42.5 Å². The molecule has 0 fully saturated rings. The summed E-state index contributed by atoms with van der Waals surface area (Å²) in [5.41, 5.74) is 7.41. The molecule has 0 radical (unpaired) electrons. The van der Waals surface area contributed by atoms with Gasteiger partial charge in [0.15, 0.2) is 23.7 Å². The van der Waals surface area contributed by atoms with E-state index in [4.69, 9.17) is 5.73 Å². The Kier molecular flexibility index (Phi) is 6.78. The Morgan fingerprint density at radius 3 is 2.50 bits per heavy atom. The first-order valence-electron chi connectivity index (χ1n) is 10.5. The molecular weight excluding hydrogens is 410 g/mol. The molecule has 3 rings (SSSR count). The van der Waals surface area contributed by atoms with Gasteiger partial charge in [-0.25, -0.2) is 9.79 Å². The van der Waals surface area contributed by atoms with Gasteiger partial charge in [-0.1, -0.05) is 44.2 Å². The number of aliphatic hydroxyl groups is 1. The maximum atomic E-state index is 12.1. The van der Waals surface area contributed by atoms with Crippen LogP contribution >= 0.6 is 0 Å². The summed E-state index contributed by atoms with van der Waals surface area (Å²) < 4.78 is 0. The lowest BCUT2D eigenvalue weighted by Gasteiger charge is -2.32. The number of guanidine groups is 1. The van der Waals surface area contributed by atoms with Crippen LogP contribution in [0.5, 0.6) is 11.5 Å². The van der Waals surface area contributed by atoms with E-state index in [1.54, 1.807) is 4.90 Å². The molecule has 0 bridgehead atoms. The topological polar surface area (TPSA) is 143 Å². The van der Waals surface area contributed by atoms with E-state index in [1.807, 2.05) is 31.2 Å². The molecule has 172 valence electrons. The van der Waals surface area contributed by atoms with E-state index in [1.165, 1.54) is 18.2 Å². The lowest BCUT2D eigenvalue weighted by atomic mass is 9.90. The summed E-state index contributed by atoms with van der Waals surface area (Å²) in [6.07, 6.45) is -0.0536. The average Bonchev–Trinajstić information content (AvgIpc) is 2.93. The number of anilines is 1. The van der Waals surface area contributed by atoms with Crippen molar-refractivity contribution in [2.45, 2.75) is 52.0 Å². The van der Waals surface area contributed by atoms with Crippen LogP contribution in [0.15, 0.2) is 47.5 Å². The number of aliphatic imine (C=N–C) groups is 1. The van der Waals surface area contributed by atoms with Crippen molar-refractivity contribution in [2.75, 3.05) is 5.32 Å². The van der Waals surface area contributed by atoms with Crippen LogP contribution in [-0.2, 0) is 13.1 Å². The van der Waals surface area contributed by atoms with Gasteiger partial charge in [-0.15, -0.1) is 0 Å². The number of nitrogens with zero attached hydrogens (tertiary/aromatic N) is 2. The van der Waals surface area contributed by atoms with E-state index < -0.39 is 17.8 Å². The minimum atomic E-state index is -0.788. The molecule has 2 unspecified atom stereocenters. The van der Waals surface area contributed by atoms with Gasteiger partial charge in [0.1, 0.15) is 5.54 Å². The molecule has 32 heavy (non-hydrogen) atoms. The first-order valence-corrected chi connectivity index (χ1v) is 10.5. The van der Waals surface area contributed by atoms with E-state index in [0.29, 0.717) is 18.4 Å². The number of carbonyl (C=O) groups is 1. The van der Waals surface area contributed by atoms with Gasteiger partial charge < -0.3 is 36.6 Å². The summed E-state index contributed by atoms with van der Waals surface area (Å²) >= 11 is 0. The summed E-state index contributed by atoms with van der Waals surface area (Å²) in [5, 5.41) is 35.2. The molecule has 1 aliphatic rings. The molecule has 0 spiro atoms. The Labute approximate surface area is 187 Å². The molecule has 2 aromatic rings. The van der Waals surface area contributed by atoms with Gasteiger partial charge in [0.25, 0.3) is 0 Å². The molecule has 2 aromatic carbocycles. The van der Waals surface area contributed by atoms with Crippen LogP contribution in [0.1, 0.15) is 38.3 Å².